The fraction of sp³-hybridized carbons (Fsp3) is 0.348. The molecule has 0 aliphatic carbocycles. The lowest BCUT2D eigenvalue weighted by atomic mass is 10.1. The maximum Gasteiger partial charge on any atom is 0.274 e. The Morgan fingerprint density at radius 2 is 1.62 bits per heavy atom. The van der Waals surface area contributed by atoms with E-state index in [0.717, 1.165) is 50.1 Å². The number of fused-ring (bicyclic) bond motifs is 1. The first-order valence-electron chi connectivity index (χ1n) is 10.4. The summed E-state index contributed by atoms with van der Waals surface area (Å²) < 4.78 is 1.99. The molecule has 2 fully saturated rings. The van der Waals surface area contributed by atoms with E-state index in [2.05, 4.69) is 0 Å². The number of imidazole rings is 1. The van der Waals surface area contributed by atoms with E-state index in [4.69, 9.17) is 4.98 Å². The number of pyridine rings is 1. The van der Waals surface area contributed by atoms with Crippen LogP contribution in [-0.4, -0.2) is 50.6 Å². The van der Waals surface area contributed by atoms with Gasteiger partial charge in [-0.15, -0.1) is 0 Å². The molecule has 6 nitrogen and oxygen atoms in total. The van der Waals surface area contributed by atoms with Gasteiger partial charge in [-0.3, -0.25) is 9.59 Å². The van der Waals surface area contributed by atoms with E-state index >= 15 is 0 Å². The second kappa shape index (κ2) is 7.35. The molecule has 148 valence electrons. The molecule has 0 radical (unpaired) electrons. The van der Waals surface area contributed by atoms with Crippen molar-refractivity contribution in [2.75, 3.05) is 19.6 Å². The standard InChI is InChI=1S/C23H24N4O2/c28-22(17-9-2-1-3-10-17)27-16-8-12-19(27)21-24-20(18-11-4-5-15-26(18)21)23(29)25-13-6-7-14-25/h1-5,9-11,15,19H,6-8,12-14,16H2. The number of rotatable bonds is 3. The van der Waals surface area contributed by atoms with Gasteiger partial charge in [0.25, 0.3) is 11.8 Å². The lowest BCUT2D eigenvalue weighted by molar-refractivity contribution is 0.0729. The molecule has 6 heteroatoms. The first-order valence-corrected chi connectivity index (χ1v) is 10.4. The molecule has 5 rings (SSSR count). The third-order valence-corrected chi connectivity index (χ3v) is 6.00. The molecule has 1 aromatic carbocycles. The van der Waals surface area contributed by atoms with Crippen molar-refractivity contribution in [2.24, 2.45) is 0 Å². The minimum absolute atomic E-state index is 0.00335. The monoisotopic (exact) mass is 388 g/mol. The summed E-state index contributed by atoms with van der Waals surface area (Å²) in [5, 5.41) is 0. The number of nitrogens with zero attached hydrogens (tertiary/aromatic N) is 4. The number of amides is 2. The molecule has 2 aliphatic rings. The zero-order chi connectivity index (χ0) is 19.8. The maximum atomic E-state index is 13.1. The van der Waals surface area contributed by atoms with Crippen molar-refractivity contribution in [3.63, 3.8) is 0 Å². The zero-order valence-electron chi connectivity index (χ0n) is 16.3. The summed E-state index contributed by atoms with van der Waals surface area (Å²) in [6.07, 6.45) is 5.82. The highest BCUT2D eigenvalue weighted by molar-refractivity contribution is 5.99. The Hall–Kier alpha value is -3.15. The number of hydrogen-bond acceptors (Lipinski definition) is 3. The molecule has 29 heavy (non-hydrogen) atoms. The zero-order valence-corrected chi connectivity index (χ0v) is 16.3. The molecular weight excluding hydrogens is 364 g/mol. The highest BCUT2D eigenvalue weighted by Gasteiger charge is 2.35. The third kappa shape index (κ3) is 3.09. The lowest BCUT2D eigenvalue weighted by Gasteiger charge is -2.24. The molecule has 3 aromatic rings. The Bertz CT molecular complexity index is 1050. The minimum atomic E-state index is -0.127. The normalized spacial score (nSPS) is 19.2. The molecule has 1 unspecified atom stereocenters. The summed E-state index contributed by atoms with van der Waals surface area (Å²) in [6.45, 7) is 2.29. The van der Waals surface area contributed by atoms with Crippen molar-refractivity contribution < 1.29 is 9.59 Å². The molecule has 2 aromatic heterocycles. The first-order chi connectivity index (χ1) is 14.2. The number of carbonyl (C=O) groups excluding carboxylic acids is 2. The molecule has 1 atom stereocenters. The molecule has 0 N–H and O–H groups in total. The van der Waals surface area contributed by atoms with E-state index in [1.54, 1.807) is 0 Å². The van der Waals surface area contributed by atoms with E-state index < -0.39 is 0 Å². The predicted octanol–water partition coefficient (Wildman–Crippen LogP) is 3.55. The van der Waals surface area contributed by atoms with Gasteiger partial charge in [0.05, 0.1) is 11.6 Å². The van der Waals surface area contributed by atoms with Crippen LogP contribution >= 0.6 is 0 Å². The van der Waals surface area contributed by atoms with E-state index in [9.17, 15) is 9.59 Å². The Morgan fingerprint density at radius 1 is 0.862 bits per heavy atom. The van der Waals surface area contributed by atoms with Crippen LogP contribution in [0.1, 0.15) is 58.4 Å². The van der Waals surface area contributed by atoms with Gasteiger partial charge in [0.15, 0.2) is 5.69 Å². The van der Waals surface area contributed by atoms with Gasteiger partial charge >= 0.3 is 0 Å². The second-order valence-corrected chi connectivity index (χ2v) is 7.80. The molecule has 0 spiro atoms. The van der Waals surface area contributed by atoms with Gasteiger partial charge in [-0.1, -0.05) is 24.3 Å². The SMILES string of the molecule is O=C(c1nc(C2CCCN2C(=O)c2ccccc2)n2ccccc12)N1CCCC1. The first kappa shape index (κ1) is 17.9. The molecule has 0 saturated carbocycles. The van der Waals surface area contributed by atoms with Crippen LogP contribution in [0.2, 0.25) is 0 Å². The van der Waals surface area contributed by atoms with Crippen molar-refractivity contribution in [3.8, 4) is 0 Å². The summed E-state index contributed by atoms with van der Waals surface area (Å²) in [6, 6.07) is 15.1. The number of likely N-dealkylation sites (tertiary alicyclic amines) is 2. The smallest absolute Gasteiger partial charge is 0.274 e. The minimum Gasteiger partial charge on any atom is -0.337 e. The van der Waals surface area contributed by atoms with Crippen LogP contribution in [0.4, 0.5) is 0 Å². The van der Waals surface area contributed by atoms with Gasteiger partial charge in [0.2, 0.25) is 0 Å². The van der Waals surface area contributed by atoms with Gasteiger partial charge in [-0.25, -0.2) is 4.98 Å². The van der Waals surface area contributed by atoms with Crippen LogP contribution in [0.5, 0.6) is 0 Å². The summed E-state index contributed by atoms with van der Waals surface area (Å²) in [7, 11) is 0. The second-order valence-electron chi connectivity index (χ2n) is 7.80. The number of benzene rings is 1. The van der Waals surface area contributed by atoms with E-state index in [0.29, 0.717) is 17.8 Å². The summed E-state index contributed by atoms with van der Waals surface area (Å²) in [5.41, 5.74) is 2.01. The van der Waals surface area contributed by atoms with Gasteiger partial charge < -0.3 is 14.2 Å². The molecule has 4 heterocycles. The van der Waals surface area contributed by atoms with Crippen LogP contribution < -0.4 is 0 Å². The quantitative estimate of drug-likeness (QED) is 0.689. The van der Waals surface area contributed by atoms with Crippen LogP contribution in [0, 0.1) is 0 Å². The Kier molecular flexibility index (Phi) is 4.54. The molecule has 0 bridgehead atoms. The van der Waals surface area contributed by atoms with Gasteiger partial charge in [-0.2, -0.15) is 0 Å². The third-order valence-electron chi connectivity index (χ3n) is 6.00. The van der Waals surface area contributed by atoms with E-state index in [-0.39, 0.29) is 17.9 Å². The Balaban J connectivity index is 1.54. The van der Waals surface area contributed by atoms with Gasteiger partial charge in [0, 0.05) is 31.4 Å². The molecule has 2 saturated heterocycles. The number of hydrogen-bond donors (Lipinski definition) is 0. The van der Waals surface area contributed by atoms with Crippen LogP contribution in [0.25, 0.3) is 5.52 Å². The summed E-state index contributed by atoms with van der Waals surface area (Å²) >= 11 is 0. The van der Waals surface area contributed by atoms with E-state index in [1.807, 2.05) is 68.9 Å². The predicted molar refractivity (Wildman–Crippen MR) is 110 cm³/mol. The van der Waals surface area contributed by atoms with Gasteiger partial charge in [0.1, 0.15) is 5.82 Å². The Labute approximate surface area is 169 Å². The molecular formula is C23H24N4O2. The number of aromatic nitrogens is 2. The van der Waals surface area contributed by atoms with Crippen LogP contribution in [0.3, 0.4) is 0 Å². The molecule has 2 amide bonds. The van der Waals surface area contributed by atoms with Crippen molar-refractivity contribution in [3.05, 3.63) is 71.8 Å². The Morgan fingerprint density at radius 3 is 2.41 bits per heavy atom. The fourth-order valence-electron chi connectivity index (χ4n) is 4.55. The summed E-state index contributed by atoms with van der Waals surface area (Å²) in [5.74, 6) is 0.800. The highest BCUT2D eigenvalue weighted by Crippen LogP contribution is 2.34. The van der Waals surface area contributed by atoms with Crippen molar-refractivity contribution in [1.82, 2.24) is 19.2 Å². The molecule has 2 aliphatic heterocycles. The average molecular weight is 388 g/mol. The largest absolute Gasteiger partial charge is 0.337 e. The number of carbonyl (C=O) groups is 2. The van der Waals surface area contributed by atoms with Crippen LogP contribution in [0.15, 0.2) is 54.7 Å². The van der Waals surface area contributed by atoms with Gasteiger partial charge in [-0.05, 0) is 49.9 Å². The van der Waals surface area contributed by atoms with E-state index in [1.165, 1.54) is 0 Å². The van der Waals surface area contributed by atoms with Crippen molar-refractivity contribution in [1.29, 1.82) is 0 Å². The fourth-order valence-corrected chi connectivity index (χ4v) is 4.55. The van der Waals surface area contributed by atoms with Crippen molar-refractivity contribution in [2.45, 2.75) is 31.7 Å². The summed E-state index contributed by atoms with van der Waals surface area (Å²) in [4.78, 5) is 34.8. The average Bonchev–Trinajstić information content (AvgIpc) is 3.52. The maximum absolute atomic E-state index is 13.1. The highest BCUT2D eigenvalue weighted by atomic mass is 16.2. The topological polar surface area (TPSA) is 57.9 Å². The van der Waals surface area contributed by atoms with Crippen molar-refractivity contribution >= 4 is 17.3 Å². The lowest BCUT2D eigenvalue weighted by Crippen LogP contribution is -2.31. The van der Waals surface area contributed by atoms with Crippen LogP contribution in [-0.2, 0) is 0 Å².